The van der Waals surface area contributed by atoms with Gasteiger partial charge < -0.3 is 4.90 Å². The smallest absolute Gasteiger partial charge is 0.253 e. The zero-order valence-electron chi connectivity index (χ0n) is 12.4. The summed E-state index contributed by atoms with van der Waals surface area (Å²) in [5, 5.41) is -0.658. The summed E-state index contributed by atoms with van der Waals surface area (Å²) in [5.41, 5.74) is 0.398. The minimum absolute atomic E-state index is 0.227. The molecule has 4 nitrogen and oxygen atoms in total. The fourth-order valence-corrected chi connectivity index (χ4v) is 5.56. The summed E-state index contributed by atoms with van der Waals surface area (Å²) >= 11 is 0. The molecule has 6 heteroatoms. The van der Waals surface area contributed by atoms with Crippen LogP contribution in [0.1, 0.15) is 42.5 Å². The van der Waals surface area contributed by atoms with Crippen LogP contribution in [0.2, 0.25) is 0 Å². The van der Waals surface area contributed by atoms with Crippen LogP contribution < -0.4 is 0 Å². The highest BCUT2D eigenvalue weighted by Gasteiger charge is 2.43. The maximum absolute atomic E-state index is 12.9. The van der Waals surface area contributed by atoms with E-state index in [0.29, 0.717) is 5.56 Å². The van der Waals surface area contributed by atoms with E-state index in [0.717, 1.165) is 32.1 Å². The number of carbonyl (C=O) groups excluding carboxylic acids is 1. The van der Waals surface area contributed by atoms with Crippen molar-refractivity contribution in [2.45, 2.75) is 42.6 Å². The molecule has 3 rings (SSSR count). The van der Waals surface area contributed by atoms with Gasteiger partial charge in [-0.2, -0.15) is 0 Å². The first kappa shape index (κ1) is 15.5. The lowest BCUT2D eigenvalue weighted by molar-refractivity contribution is 0.0658. The van der Waals surface area contributed by atoms with E-state index in [4.69, 9.17) is 0 Å². The van der Waals surface area contributed by atoms with Gasteiger partial charge in [-0.15, -0.1) is 0 Å². The second-order valence-electron chi connectivity index (χ2n) is 6.19. The number of benzene rings is 1. The van der Waals surface area contributed by atoms with E-state index < -0.39 is 20.9 Å². The maximum Gasteiger partial charge on any atom is 0.253 e. The Labute approximate surface area is 130 Å². The number of amides is 1. The zero-order chi connectivity index (χ0) is 15.7. The third-order valence-electron chi connectivity index (χ3n) is 4.71. The number of sulfone groups is 1. The second-order valence-corrected chi connectivity index (χ2v) is 8.70. The number of halogens is 1. The van der Waals surface area contributed by atoms with Crippen LogP contribution in [0.15, 0.2) is 24.3 Å². The van der Waals surface area contributed by atoms with Crippen molar-refractivity contribution in [3.05, 3.63) is 35.6 Å². The normalized spacial score (nSPS) is 20.7. The lowest BCUT2D eigenvalue weighted by Crippen LogP contribution is -2.58. The summed E-state index contributed by atoms with van der Waals surface area (Å²) in [6.45, 7) is 0.518. The molecule has 1 amide bonds. The number of hydrogen-bond acceptors (Lipinski definition) is 3. The van der Waals surface area contributed by atoms with E-state index in [9.17, 15) is 17.6 Å². The highest BCUT2D eigenvalue weighted by molar-refractivity contribution is 7.92. The van der Waals surface area contributed by atoms with E-state index in [1.807, 2.05) is 0 Å². The highest BCUT2D eigenvalue weighted by atomic mass is 32.2. The van der Waals surface area contributed by atoms with Crippen molar-refractivity contribution in [2.75, 3.05) is 13.1 Å². The number of hydrogen-bond donors (Lipinski definition) is 0. The van der Waals surface area contributed by atoms with Crippen LogP contribution in [0.5, 0.6) is 0 Å². The van der Waals surface area contributed by atoms with E-state index in [2.05, 4.69) is 0 Å². The molecule has 1 saturated heterocycles. The highest BCUT2D eigenvalue weighted by Crippen LogP contribution is 2.30. The van der Waals surface area contributed by atoms with E-state index >= 15 is 0 Å². The standard InChI is InChI=1S/C16H20FNO3S/c17-13-8-6-12(7-9-13)16(19)18-10-15(11-18)22(20,21)14-4-2-1-3-5-14/h6-9,14-15H,1-5,10-11H2. The molecule has 1 aromatic carbocycles. The van der Waals surface area contributed by atoms with Gasteiger partial charge in [0.1, 0.15) is 5.82 Å². The summed E-state index contributed by atoms with van der Waals surface area (Å²) in [6, 6.07) is 5.34. The molecule has 1 aliphatic carbocycles. The molecule has 0 radical (unpaired) electrons. The predicted octanol–water partition coefficient (Wildman–Crippen LogP) is 2.40. The Morgan fingerprint density at radius 1 is 1.00 bits per heavy atom. The molecule has 0 aromatic heterocycles. The van der Waals surface area contributed by atoms with Crippen molar-refractivity contribution < 1.29 is 17.6 Å². The van der Waals surface area contributed by atoms with Gasteiger partial charge in [0.05, 0.1) is 10.5 Å². The minimum atomic E-state index is -3.13. The van der Waals surface area contributed by atoms with E-state index in [-0.39, 0.29) is 24.2 Å². The van der Waals surface area contributed by atoms with Gasteiger partial charge in [0.15, 0.2) is 9.84 Å². The molecule has 1 saturated carbocycles. The molecule has 1 aromatic rings. The maximum atomic E-state index is 12.9. The van der Waals surface area contributed by atoms with Crippen molar-refractivity contribution in [1.29, 1.82) is 0 Å². The first-order valence-corrected chi connectivity index (χ1v) is 9.37. The Morgan fingerprint density at radius 2 is 1.59 bits per heavy atom. The monoisotopic (exact) mass is 325 g/mol. The van der Waals surface area contributed by atoms with Crippen LogP contribution in [0.3, 0.4) is 0 Å². The molecular formula is C16H20FNO3S. The fraction of sp³-hybridized carbons (Fsp3) is 0.562. The van der Waals surface area contributed by atoms with Gasteiger partial charge in [0.25, 0.3) is 5.91 Å². The summed E-state index contributed by atoms with van der Waals surface area (Å²) in [5.74, 6) is -0.618. The van der Waals surface area contributed by atoms with Crippen molar-refractivity contribution in [1.82, 2.24) is 4.90 Å². The molecule has 0 unspecified atom stereocenters. The van der Waals surface area contributed by atoms with Crippen LogP contribution in [0, 0.1) is 5.82 Å². The van der Waals surface area contributed by atoms with E-state index in [1.54, 1.807) is 0 Å². The van der Waals surface area contributed by atoms with Crippen LogP contribution in [0.25, 0.3) is 0 Å². The molecule has 22 heavy (non-hydrogen) atoms. The van der Waals surface area contributed by atoms with Crippen molar-refractivity contribution >= 4 is 15.7 Å². The first-order valence-electron chi connectivity index (χ1n) is 7.76. The van der Waals surface area contributed by atoms with Crippen molar-refractivity contribution in [2.24, 2.45) is 0 Å². The average molecular weight is 325 g/mol. The summed E-state index contributed by atoms with van der Waals surface area (Å²) in [7, 11) is -3.13. The molecule has 1 heterocycles. The topological polar surface area (TPSA) is 54.5 Å². The minimum Gasteiger partial charge on any atom is -0.336 e. The Hall–Kier alpha value is -1.43. The van der Waals surface area contributed by atoms with Crippen molar-refractivity contribution in [3.63, 3.8) is 0 Å². The fourth-order valence-electron chi connectivity index (χ4n) is 3.25. The van der Waals surface area contributed by atoms with Crippen LogP contribution >= 0.6 is 0 Å². The Balaban J connectivity index is 1.61. The average Bonchev–Trinajstić information content (AvgIpc) is 2.47. The summed E-state index contributed by atoms with van der Waals surface area (Å²) in [6.07, 6.45) is 4.59. The molecule has 0 atom stereocenters. The van der Waals surface area contributed by atoms with Gasteiger partial charge in [-0.1, -0.05) is 19.3 Å². The molecule has 1 aliphatic heterocycles. The quantitative estimate of drug-likeness (QED) is 0.857. The van der Waals surface area contributed by atoms with Crippen LogP contribution in [-0.2, 0) is 9.84 Å². The molecule has 120 valence electrons. The zero-order valence-corrected chi connectivity index (χ0v) is 13.2. The molecule has 2 aliphatic rings. The molecule has 2 fully saturated rings. The molecule has 0 spiro atoms. The first-order chi connectivity index (χ1) is 10.5. The SMILES string of the molecule is O=C(c1ccc(F)cc1)N1CC(S(=O)(=O)C2CCCCC2)C1. The van der Waals surface area contributed by atoms with Gasteiger partial charge in [0, 0.05) is 18.7 Å². The number of rotatable bonds is 3. The van der Waals surface area contributed by atoms with Gasteiger partial charge >= 0.3 is 0 Å². The number of carbonyl (C=O) groups is 1. The molecule has 0 N–H and O–H groups in total. The Morgan fingerprint density at radius 3 is 2.18 bits per heavy atom. The third-order valence-corrected chi connectivity index (χ3v) is 7.34. The summed E-state index contributed by atoms with van der Waals surface area (Å²) < 4.78 is 37.9. The van der Waals surface area contributed by atoms with Crippen LogP contribution in [-0.4, -0.2) is 42.8 Å². The number of likely N-dealkylation sites (tertiary alicyclic amines) is 1. The van der Waals surface area contributed by atoms with Gasteiger partial charge in [-0.05, 0) is 37.1 Å². The van der Waals surface area contributed by atoms with Gasteiger partial charge in [0.2, 0.25) is 0 Å². The Bertz CT molecular complexity index is 644. The largest absolute Gasteiger partial charge is 0.336 e. The van der Waals surface area contributed by atoms with Crippen molar-refractivity contribution in [3.8, 4) is 0 Å². The molecular weight excluding hydrogens is 305 g/mol. The lowest BCUT2D eigenvalue weighted by atomic mass is 10.0. The number of nitrogens with zero attached hydrogens (tertiary/aromatic N) is 1. The van der Waals surface area contributed by atoms with Gasteiger partial charge in [-0.3, -0.25) is 4.79 Å². The molecule has 0 bridgehead atoms. The lowest BCUT2D eigenvalue weighted by Gasteiger charge is -2.40. The predicted molar refractivity (Wildman–Crippen MR) is 81.9 cm³/mol. The summed E-state index contributed by atoms with van der Waals surface area (Å²) in [4.78, 5) is 13.7. The second kappa shape index (κ2) is 5.99. The third kappa shape index (κ3) is 2.89. The Kier molecular flexibility index (Phi) is 4.21. The van der Waals surface area contributed by atoms with Gasteiger partial charge in [-0.25, -0.2) is 12.8 Å². The van der Waals surface area contributed by atoms with E-state index in [1.165, 1.54) is 29.2 Å². The van der Waals surface area contributed by atoms with Crippen LogP contribution in [0.4, 0.5) is 4.39 Å².